The number of ether oxygens (including phenoxy) is 1. The first-order valence-electron chi connectivity index (χ1n) is 8.85. The molecule has 1 unspecified atom stereocenters. The Balaban J connectivity index is 1.92. The lowest BCUT2D eigenvalue weighted by molar-refractivity contribution is -0.137. The van der Waals surface area contributed by atoms with Crippen LogP contribution in [-0.4, -0.2) is 42.9 Å². The molecule has 0 spiro atoms. The molecule has 1 atom stereocenters. The third kappa shape index (κ3) is 4.53. The van der Waals surface area contributed by atoms with Gasteiger partial charge in [0, 0.05) is 30.3 Å². The lowest BCUT2D eigenvalue weighted by Crippen LogP contribution is -2.23. The van der Waals surface area contributed by atoms with Crippen molar-refractivity contribution in [3.05, 3.63) is 35.5 Å². The van der Waals surface area contributed by atoms with Crippen LogP contribution < -0.4 is 15.9 Å². The van der Waals surface area contributed by atoms with Crippen molar-refractivity contribution in [2.75, 3.05) is 29.1 Å². The molecule has 2 heterocycles. The van der Waals surface area contributed by atoms with Gasteiger partial charge in [-0.25, -0.2) is 4.98 Å². The van der Waals surface area contributed by atoms with E-state index >= 15 is 0 Å². The van der Waals surface area contributed by atoms with E-state index in [9.17, 15) is 13.2 Å². The Hall–Kier alpha value is -2.82. The first kappa shape index (κ1) is 19.9. The fourth-order valence-corrected chi connectivity index (χ4v) is 2.90. The molecule has 2 aromatic rings. The summed E-state index contributed by atoms with van der Waals surface area (Å²) in [6.45, 7) is 2.75. The van der Waals surface area contributed by atoms with Crippen molar-refractivity contribution in [2.45, 2.75) is 25.5 Å². The Morgan fingerprint density at radius 2 is 2.11 bits per heavy atom. The number of aromatic nitrogens is 2. The molecule has 1 aliphatic rings. The van der Waals surface area contributed by atoms with Gasteiger partial charge in [0.25, 0.3) is 0 Å². The van der Waals surface area contributed by atoms with Gasteiger partial charge < -0.3 is 26.0 Å². The number of rotatable bonds is 7. The summed E-state index contributed by atoms with van der Waals surface area (Å²) in [6, 6.07) is 5.06. The summed E-state index contributed by atoms with van der Waals surface area (Å²) in [4.78, 5) is 7.86. The van der Waals surface area contributed by atoms with Gasteiger partial charge in [0.2, 0.25) is 13.4 Å². The SMILES string of the molecule is CBNc1cccc(Nc2ncc(C(F)(F)F)c(NC3CCOC3)n2)c1C=N. The lowest BCUT2D eigenvalue weighted by atomic mass is 9.98. The number of alkyl halides is 3. The standard InChI is InChI=1S/C17H20BF3N6O/c1-18-27-14-4-2-3-13(11(14)7-22)25-16-23-8-12(17(19,20)21)15(26-16)24-10-5-6-28-9-10/h2-4,7-8,10,18,22,27H,5-6,9H2,1H3,(H2,23,24,25,26). The van der Waals surface area contributed by atoms with Crippen LogP contribution in [0.1, 0.15) is 17.5 Å². The smallest absolute Gasteiger partial charge is 0.421 e. The zero-order chi connectivity index (χ0) is 20.1. The van der Waals surface area contributed by atoms with E-state index in [0.717, 1.165) is 11.9 Å². The van der Waals surface area contributed by atoms with Crippen LogP contribution >= 0.6 is 0 Å². The van der Waals surface area contributed by atoms with Gasteiger partial charge in [-0.2, -0.15) is 18.2 Å². The fraction of sp³-hybridized carbons (Fsp3) is 0.353. The highest BCUT2D eigenvalue weighted by molar-refractivity contribution is 6.39. The molecule has 11 heteroatoms. The Kier molecular flexibility index (Phi) is 6.03. The first-order valence-corrected chi connectivity index (χ1v) is 8.85. The van der Waals surface area contributed by atoms with E-state index in [2.05, 4.69) is 25.8 Å². The van der Waals surface area contributed by atoms with Crippen LogP contribution in [0.15, 0.2) is 24.4 Å². The highest BCUT2D eigenvalue weighted by Crippen LogP contribution is 2.35. The van der Waals surface area contributed by atoms with Crippen molar-refractivity contribution in [2.24, 2.45) is 0 Å². The summed E-state index contributed by atoms with van der Waals surface area (Å²) in [5, 5.41) is 16.5. The molecule has 28 heavy (non-hydrogen) atoms. The third-order valence-corrected chi connectivity index (χ3v) is 4.23. The lowest BCUT2D eigenvalue weighted by Gasteiger charge is -2.18. The van der Waals surface area contributed by atoms with Gasteiger partial charge in [0.05, 0.1) is 18.3 Å². The van der Waals surface area contributed by atoms with Crippen LogP contribution in [0.5, 0.6) is 0 Å². The normalized spacial score (nSPS) is 16.5. The number of halogens is 3. The molecule has 148 valence electrons. The minimum atomic E-state index is -4.58. The largest absolute Gasteiger partial charge is 0.431 e. The van der Waals surface area contributed by atoms with Gasteiger partial charge in [-0.05, 0) is 18.6 Å². The Morgan fingerprint density at radius 3 is 2.75 bits per heavy atom. The van der Waals surface area contributed by atoms with E-state index in [1.165, 1.54) is 6.21 Å². The molecule has 1 aromatic heterocycles. The van der Waals surface area contributed by atoms with Gasteiger partial charge in [-0.1, -0.05) is 12.9 Å². The highest BCUT2D eigenvalue weighted by Gasteiger charge is 2.36. The quantitative estimate of drug-likeness (QED) is 0.427. The van der Waals surface area contributed by atoms with E-state index < -0.39 is 11.7 Å². The number of hydrogen-bond donors (Lipinski definition) is 4. The van der Waals surface area contributed by atoms with Crippen LogP contribution in [0.25, 0.3) is 0 Å². The zero-order valence-corrected chi connectivity index (χ0v) is 15.2. The summed E-state index contributed by atoms with van der Waals surface area (Å²) in [7, 11) is 0.665. The monoisotopic (exact) mass is 392 g/mol. The number of benzene rings is 1. The molecule has 1 saturated heterocycles. The molecular formula is C17H20BF3N6O. The van der Waals surface area contributed by atoms with Gasteiger partial charge in [0.1, 0.15) is 11.4 Å². The molecule has 0 amide bonds. The van der Waals surface area contributed by atoms with Crippen molar-refractivity contribution in [1.29, 1.82) is 5.41 Å². The molecule has 0 radical (unpaired) electrons. The van der Waals surface area contributed by atoms with Gasteiger partial charge >= 0.3 is 6.18 Å². The average molecular weight is 392 g/mol. The molecule has 3 rings (SSSR count). The number of nitrogens with one attached hydrogen (secondary N) is 4. The fourth-order valence-electron chi connectivity index (χ4n) is 2.90. The number of anilines is 4. The minimum absolute atomic E-state index is 0.00571. The average Bonchev–Trinajstić information content (AvgIpc) is 3.14. The zero-order valence-electron chi connectivity index (χ0n) is 15.2. The predicted octanol–water partition coefficient (Wildman–Crippen LogP) is 3.25. The number of hydrogen-bond acceptors (Lipinski definition) is 7. The number of nitrogens with zero attached hydrogens (tertiary/aromatic N) is 2. The van der Waals surface area contributed by atoms with E-state index in [1.807, 2.05) is 12.9 Å². The molecule has 7 nitrogen and oxygen atoms in total. The molecule has 0 saturated carbocycles. The molecule has 1 aliphatic heterocycles. The van der Waals surface area contributed by atoms with Gasteiger partial charge in [-0.15, -0.1) is 0 Å². The van der Waals surface area contributed by atoms with Crippen molar-refractivity contribution in [3.63, 3.8) is 0 Å². The van der Waals surface area contributed by atoms with E-state index in [1.54, 1.807) is 12.1 Å². The van der Waals surface area contributed by atoms with Crippen LogP contribution in [-0.2, 0) is 10.9 Å². The summed E-state index contributed by atoms with van der Waals surface area (Å²) in [5.74, 6) is -0.286. The molecule has 0 bridgehead atoms. The van der Waals surface area contributed by atoms with Crippen LogP contribution in [0.3, 0.4) is 0 Å². The molecule has 0 aliphatic carbocycles. The minimum Gasteiger partial charge on any atom is -0.431 e. The topological polar surface area (TPSA) is 95.0 Å². The first-order chi connectivity index (χ1) is 13.4. The molecule has 1 fully saturated rings. The maximum Gasteiger partial charge on any atom is 0.421 e. The second kappa shape index (κ2) is 8.47. The van der Waals surface area contributed by atoms with Crippen molar-refractivity contribution in [1.82, 2.24) is 9.97 Å². The van der Waals surface area contributed by atoms with Crippen molar-refractivity contribution >= 4 is 36.8 Å². The Labute approximate surface area is 160 Å². The summed E-state index contributed by atoms with van der Waals surface area (Å²) in [5.41, 5.74) is 0.879. The second-order valence-corrected chi connectivity index (χ2v) is 6.22. The second-order valence-electron chi connectivity index (χ2n) is 6.22. The van der Waals surface area contributed by atoms with Gasteiger partial charge in [-0.3, -0.25) is 0 Å². The van der Waals surface area contributed by atoms with E-state index in [4.69, 9.17) is 10.1 Å². The van der Waals surface area contributed by atoms with E-state index in [-0.39, 0.29) is 17.8 Å². The predicted molar refractivity (Wildman–Crippen MR) is 104 cm³/mol. The van der Waals surface area contributed by atoms with Crippen LogP contribution in [0.2, 0.25) is 6.82 Å². The molecule has 1 aromatic carbocycles. The molecule has 4 N–H and O–H groups in total. The maximum atomic E-state index is 13.3. The van der Waals surface area contributed by atoms with Gasteiger partial charge in [0.15, 0.2) is 0 Å². The molecular weight excluding hydrogens is 372 g/mol. The summed E-state index contributed by atoms with van der Waals surface area (Å²) < 4.78 is 45.2. The summed E-state index contributed by atoms with van der Waals surface area (Å²) in [6.07, 6.45) is -2.05. The van der Waals surface area contributed by atoms with Crippen molar-refractivity contribution in [3.8, 4) is 0 Å². The highest BCUT2D eigenvalue weighted by atomic mass is 19.4. The van der Waals surface area contributed by atoms with Crippen LogP contribution in [0, 0.1) is 5.41 Å². The third-order valence-electron chi connectivity index (χ3n) is 4.23. The van der Waals surface area contributed by atoms with Crippen molar-refractivity contribution < 1.29 is 17.9 Å². The maximum absolute atomic E-state index is 13.3. The Bertz CT molecular complexity index is 842. The van der Waals surface area contributed by atoms with Crippen LogP contribution in [0.4, 0.5) is 36.3 Å². The summed E-state index contributed by atoms with van der Waals surface area (Å²) >= 11 is 0. The van der Waals surface area contributed by atoms with E-state index in [0.29, 0.717) is 38.3 Å². The Morgan fingerprint density at radius 1 is 1.32 bits per heavy atom.